The van der Waals surface area contributed by atoms with Gasteiger partial charge >= 0.3 is 0 Å². The first-order valence-electron chi connectivity index (χ1n) is 4.07. The summed E-state index contributed by atoms with van der Waals surface area (Å²) in [6.45, 7) is 1.58. The molecule has 0 spiro atoms. The largest absolute Gasteiger partial charge is 0.224 e. The van der Waals surface area contributed by atoms with Gasteiger partial charge in [-0.1, -0.05) is 0 Å². The van der Waals surface area contributed by atoms with Gasteiger partial charge in [-0.3, -0.25) is 0 Å². The van der Waals surface area contributed by atoms with Gasteiger partial charge in [-0.15, -0.1) is 0 Å². The van der Waals surface area contributed by atoms with Crippen molar-refractivity contribution in [2.24, 2.45) is 0 Å². The van der Waals surface area contributed by atoms with Crippen molar-refractivity contribution >= 4 is 22.5 Å². The Kier molecular flexibility index (Phi) is 3.55. The van der Waals surface area contributed by atoms with Crippen LogP contribution in [0.5, 0.6) is 0 Å². The molecule has 78 valence electrons. The molecule has 14 heavy (non-hydrogen) atoms. The highest BCUT2D eigenvalue weighted by molar-refractivity contribution is 7.92. The van der Waals surface area contributed by atoms with Crippen molar-refractivity contribution < 1.29 is 12.8 Å². The van der Waals surface area contributed by atoms with Crippen molar-refractivity contribution in [3.8, 4) is 0 Å². The zero-order chi connectivity index (χ0) is 10.8. The molecular weight excluding hydrogens is 223 g/mol. The first-order chi connectivity index (χ1) is 6.47. The summed E-state index contributed by atoms with van der Waals surface area (Å²) in [6.07, 6.45) is 0. The lowest BCUT2D eigenvalue weighted by Crippen LogP contribution is -2.09. The van der Waals surface area contributed by atoms with Gasteiger partial charge in [0.1, 0.15) is 5.82 Å². The fourth-order valence-electron chi connectivity index (χ4n) is 1.19. The van der Waals surface area contributed by atoms with Gasteiger partial charge in [0.25, 0.3) is 0 Å². The van der Waals surface area contributed by atoms with Crippen LogP contribution in [-0.2, 0) is 9.84 Å². The number of aryl methyl sites for hydroxylation is 1. The van der Waals surface area contributed by atoms with Crippen LogP contribution in [0.1, 0.15) is 5.56 Å². The molecule has 0 aromatic heterocycles. The van der Waals surface area contributed by atoms with Gasteiger partial charge in [0, 0.05) is 5.75 Å². The molecule has 1 rings (SSSR count). The minimum atomic E-state index is -3.30. The Morgan fingerprint density at radius 2 is 2.07 bits per heavy atom. The van der Waals surface area contributed by atoms with Crippen LogP contribution >= 0.6 is 12.6 Å². The van der Waals surface area contributed by atoms with E-state index in [1.165, 1.54) is 12.1 Å². The molecule has 0 saturated heterocycles. The summed E-state index contributed by atoms with van der Waals surface area (Å²) >= 11 is 3.87. The summed E-state index contributed by atoms with van der Waals surface area (Å²) in [5.74, 6) is -0.186. The molecule has 1 aromatic rings. The second kappa shape index (κ2) is 4.31. The second-order valence-corrected chi connectivity index (χ2v) is 5.48. The predicted octanol–water partition coefficient (Wildman–Crippen LogP) is 1.84. The average Bonchev–Trinajstić information content (AvgIpc) is 2.02. The Hall–Kier alpha value is -0.550. The third-order valence-electron chi connectivity index (χ3n) is 1.83. The molecule has 0 aliphatic rings. The van der Waals surface area contributed by atoms with Crippen LogP contribution in [0.3, 0.4) is 0 Å². The number of rotatable bonds is 3. The minimum absolute atomic E-state index is 0.0252. The van der Waals surface area contributed by atoms with Crippen LogP contribution in [0, 0.1) is 12.7 Å². The Labute approximate surface area is 88.5 Å². The van der Waals surface area contributed by atoms with Crippen molar-refractivity contribution in [1.29, 1.82) is 0 Å². The molecule has 0 amide bonds. The molecule has 0 aliphatic carbocycles. The molecule has 0 aliphatic heterocycles. The van der Waals surface area contributed by atoms with Crippen molar-refractivity contribution in [2.45, 2.75) is 11.8 Å². The van der Waals surface area contributed by atoms with Crippen LogP contribution in [0.15, 0.2) is 23.1 Å². The van der Waals surface area contributed by atoms with Gasteiger partial charge in [-0.25, -0.2) is 12.8 Å². The highest BCUT2D eigenvalue weighted by atomic mass is 32.2. The minimum Gasteiger partial charge on any atom is -0.224 e. The highest BCUT2D eigenvalue weighted by Crippen LogP contribution is 2.17. The van der Waals surface area contributed by atoms with E-state index in [1.54, 1.807) is 6.92 Å². The van der Waals surface area contributed by atoms with E-state index in [-0.39, 0.29) is 16.4 Å². The maximum Gasteiger partial charge on any atom is 0.179 e. The van der Waals surface area contributed by atoms with Crippen molar-refractivity contribution in [3.05, 3.63) is 29.6 Å². The van der Waals surface area contributed by atoms with E-state index < -0.39 is 15.7 Å². The third-order valence-corrected chi connectivity index (χ3v) is 4.23. The smallest absolute Gasteiger partial charge is 0.179 e. The summed E-state index contributed by atoms with van der Waals surface area (Å²) in [7, 11) is -3.30. The number of halogens is 1. The summed E-state index contributed by atoms with van der Waals surface area (Å²) < 4.78 is 35.9. The molecule has 0 fully saturated rings. The van der Waals surface area contributed by atoms with Gasteiger partial charge in [0.15, 0.2) is 9.84 Å². The number of benzene rings is 1. The number of hydrogen-bond acceptors (Lipinski definition) is 3. The Morgan fingerprint density at radius 3 is 2.57 bits per heavy atom. The van der Waals surface area contributed by atoms with E-state index in [0.717, 1.165) is 6.07 Å². The molecule has 0 heterocycles. The first-order valence-corrected chi connectivity index (χ1v) is 6.35. The SMILES string of the molecule is Cc1cc(F)ccc1S(=O)(=O)CCS. The van der Waals surface area contributed by atoms with Crippen LogP contribution in [-0.4, -0.2) is 19.9 Å². The van der Waals surface area contributed by atoms with E-state index in [2.05, 4.69) is 12.6 Å². The molecule has 0 radical (unpaired) electrons. The van der Waals surface area contributed by atoms with Gasteiger partial charge in [0.2, 0.25) is 0 Å². The van der Waals surface area contributed by atoms with Crippen LogP contribution in [0.4, 0.5) is 4.39 Å². The van der Waals surface area contributed by atoms with E-state index in [4.69, 9.17) is 0 Å². The summed E-state index contributed by atoms with van der Waals surface area (Å²) in [6, 6.07) is 3.66. The fourth-order valence-corrected chi connectivity index (χ4v) is 3.20. The summed E-state index contributed by atoms with van der Waals surface area (Å²) in [4.78, 5) is 0.188. The first kappa shape index (κ1) is 11.5. The normalized spacial score (nSPS) is 11.6. The van der Waals surface area contributed by atoms with Gasteiger partial charge in [-0.05, 0) is 30.7 Å². The summed E-state index contributed by atoms with van der Waals surface area (Å²) in [5, 5.41) is 0. The lowest BCUT2D eigenvalue weighted by molar-refractivity contribution is 0.595. The van der Waals surface area contributed by atoms with Crippen molar-refractivity contribution in [3.63, 3.8) is 0 Å². The van der Waals surface area contributed by atoms with Crippen LogP contribution < -0.4 is 0 Å². The Morgan fingerprint density at radius 1 is 1.43 bits per heavy atom. The maximum absolute atomic E-state index is 12.7. The van der Waals surface area contributed by atoms with E-state index in [9.17, 15) is 12.8 Å². The maximum atomic E-state index is 12.7. The fraction of sp³-hybridized carbons (Fsp3) is 0.333. The topological polar surface area (TPSA) is 34.1 Å². The Bertz CT molecular complexity index is 426. The molecule has 0 bridgehead atoms. The second-order valence-electron chi connectivity index (χ2n) is 2.95. The molecule has 0 saturated carbocycles. The summed E-state index contributed by atoms with van der Waals surface area (Å²) in [5.41, 5.74) is 0.437. The standard InChI is InChI=1S/C9H11FO2S2/c1-7-6-8(10)2-3-9(7)14(11,12)5-4-13/h2-3,6,13H,4-5H2,1H3. The van der Waals surface area contributed by atoms with Gasteiger partial charge in [-0.2, -0.15) is 12.6 Å². The van der Waals surface area contributed by atoms with Crippen molar-refractivity contribution in [2.75, 3.05) is 11.5 Å². The monoisotopic (exact) mass is 234 g/mol. The average molecular weight is 234 g/mol. The molecule has 0 N–H and O–H groups in total. The number of thiol groups is 1. The molecule has 2 nitrogen and oxygen atoms in total. The van der Waals surface area contributed by atoms with Gasteiger partial charge < -0.3 is 0 Å². The van der Waals surface area contributed by atoms with E-state index in [0.29, 0.717) is 5.56 Å². The Balaban J connectivity index is 3.20. The zero-order valence-corrected chi connectivity index (χ0v) is 9.41. The molecule has 1 aromatic carbocycles. The predicted molar refractivity (Wildman–Crippen MR) is 57.0 cm³/mol. The molecular formula is C9H11FO2S2. The van der Waals surface area contributed by atoms with Gasteiger partial charge in [0.05, 0.1) is 10.6 Å². The number of hydrogen-bond donors (Lipinski definition) is 1. The van der Waals surface area contributed by atoms with Crippen LogP contribution in [0.2, 0.25) is 0 Å². The lowest BCUT2D eigenvalue weighted by Gasteiger charge is -2.05. The number of sulfone groups is 1. The third kappa shape index (κ3) is 2.48. The van der Waals surface area contributed by atoms with E-state index in [1.807, 2.05) is 0 Å². The highest BCUT2D eigenvalue weighted by Gasteiger charge is 2.15. The molecule has 0 unspecified atom stereocenters. The van der Waals surface area contributed by atoms with Crippen molar-refractivity contribution in [1.82, 2.24) is 0 Å². The molecule has 0 atom stereocenters. The quantitative estimate of drug-likeness (QED) is 0.639. The molecule has 5 heteroatoms. The lowest BCUT2D eigenvalue weighted by atomic mass is 10.2. The van der Waals surface area contributed by atoms with E-state index >= 15 is 0 Å². The van der Waals surface area contributed by atoms with Crippen LogP contribution in [0.25, 0.3) is 0 Å². The zero-order valence-electron chi connectivity index (χ0n) is 7.70.